The van der Waals surface area contributed by atoms with E-state index in [1.807, 2.05) is 19.2 Å². The fraction of sp³-hybridized carbons (Fsp3) is 0.562. The molecule has 1 aliphatic carbocycles. The van der Waals surface area contributed by atoms with Crippen LogP contribution in [0.15, 0.2) is 18.2 Å². The summed E-state index contributed by atoms with van der Waals surface area (Å²) in [6.07, 6.45) is 3.09. The van der Waals surface area contributed by atoms with Crippen LogP contribution in [0.4, 0.5) is 0 Å². The monoisotopic (exact) mass is 362 g/mol. The lowest BCUT2D eigenvalue weighted by atomic mass is 10.1. The second kappa shape index (κ2) is 7.39. The lowest BCUT2D eigenvalue weighted by molar-refractivity contribution is -0.133. The predicted molar refractivity (Wildman–Crippen MR) is 93.2 cm³/mol. The molecule has 1 amide bonds. The molecule has 3 atom stereocenters. The summed E-state index contributed by atoms with van der Waals surface area (Å²) in [5, 5.41) is 4.36. The van der Waals surface area contributed by atoms with E-state index in [9.17, 15) is 4.79 Å². The molecule has 1 aliphatic heterocycles. The summed E-state index contributed by atoms with van der Waals surface area (Å²) in [5.74, 6) is 0.603. The van der Waals surface area contributed by atoms with Crippen molar-refractivity contribution in [3.63, 3.8) is 0 Å². The minimum Gasteiger partial charge on any atom is -0.338 e. The van der Waals surface area contributed by atoms with Gasteiger partial charge in [0.15, 0.2) is 0 Å². The van der Waals surface area contributed by atoms with Crippen molar-refractivity contribution in [2.45, 2.75) is 31.2 Å². The van der Waals surface area contributed by atoms with Gasteiger partial charge in [-0.2, -0.15) is 0 Å². The number of benzene rings is 1. The first-order valence-electron chi connectivity index (χ1n) is 7.52. The van der Waals surface area contributed by atoms with Gasteiger partial charge in [-0.1, -0.05) is 35.3 Å². The summed E-state index contributed by atoms with van der Waals surface area (Å²) >= 11 is 12.3. The molecule has 3 unspecified atom stereocenters. The molecule has 1 aromatic carbocycles. The molecule has 0 aromatic heterocycles. The molecule has 1 N–H and O–H groups in total. The van der Waals surface area contributed by atoms with Crippen molar-refractivity contribution in [2.75, 3.05) is 20.1 Å². The average molecular weight is 364 g/mol. The zero-order chi connectivity index (χ0) is 15.0. The van der Waals surface area contributed by atoms with E-state index < -0.39 is 0 Å². The van der Waals surface area contributed by atoms with Gasteiger partial charge >= 0.3 is 0 Å². The first kappa shape index (κ1) is 17.9. The zero-order valence-corrected chi connectivity index (χ0v) is 14.8. The molecule has 2 aliphatic rings. The number of carbonyl (C=O) groups excluding carboxylic acids is 1. The van der Waals surface area contributed by atoms with Gasteiger partial charge in [-0.05, 0) is 43.9 Å². The van der Waals surface area contributed by atoms with Crippen LogP contribution in [0.3, 0.4) is 0 Å². The van der Waals surface area contributed by atoms with E-state index in [0.29, 0.717) is 16.1 Å². The van der Waals surface area contributed by atoms with Crippen molar-refractivity contribution in [1.29, 1.82) is 0 Å². The number of rotatable bonds is 4. The largest absolute Gasteiger partial charge is 0.338 e. The fourth-order valence-corrected chi connectivity index (χ4v) is 3.85. The smallest absolute Gasteiger partial charge is 0.226 e. The molecule has 0 bridgehead atoms. The number of carbonyl (C=O) groups is 1. The molecule has 6 heteroatoms. The maximum absolute atomic E-state index is 12.7. The highest BCUT2D eigenvalue weighted by Crippen LogP contribution is 2.51. The summed E-state index contributed by atoms with van der Waals surface area (Å²) < 4.78 is 0. The average Bonchev–Trinajstić information content (AvgIpc) is 3.13. The Balaban J connectivity index is 0.00000176. The molecular formula is C16H21Cl3N2O. The third-order valence-corrected chi connectivity index (χ3v) is 5.42. The van der Waals surface area contributed by atoms with Crippen LogP contribution in [-0.2, 0) is 4.79 Å². The van der Waals surface area contributed by atoms with E-state index in [1.165, 1.54) is 0 Å². The van der Waals surface area contributed by atoms with E-state index in [2.05, 4.69) is 10.2 Å². The molecule has 1 saturated carbocycles. The Bertz CT molecular complexity index is 552. The van der Waals surface area contributed by atoms with Gasteiger partial charge < -0.3 is 10.2 Å². The quantitative estimate of drug-likeness (QED) is 0.884. The molecule has 0 spiro atoms. The van der Waals surface area contributed by atoms with E-state index in [4.69, 9.17) is 23.2 Å². The van der Waals surface area contributed by atoms with Crippen molar-refractivity contribution >= 4 is 41.5 Å². The van der Waals surface area contributed by atoms with Gasteiger partial charge in [0.05, 0.1) is 10.0 Å². The first-order chi connectivity index (χ1) is 10.1. The van der Waals surface area contributed by atoms with Crippen molar-refractivity contribution in [3.05, 3.63) is 33.8 Å². The summed E-state index contributed by atoms with van der Waals surface area (Å²) in [7, 11) is 1.94. The first-order valence-corrected chi connectivity index (χ1v) is 8.28. The van der Waals surface area contributed by atoms with Crippen LogP contribution in [0.1, 0.15) is 30.7 Å². The third kappa shape index (κ3) is 3.38. The van der Waals surface area contributed by atoms with E-state index in [-0.39, 0.29) is 30.2 Å². The Labute approximate surface area is 147 Å². The van der Waals surface area contributed by atoms with Crippen LogP contribution in [0.25, 0.3) is 0 Å². The highest BCUT2D eigenvalue weighted by Gasteiger charge is 2.48. The maximum Gasteiger partial charge on any atom is 0.226 e. The summed E-state index contributed by atoms with van der Waals surface area (Å²) in [4.78, 5) is 14.8. The summed E-state index contributed by atoms with van der Waals surface area (Å²) in [6.45, 7) is 1.76. The number of halogens is 3. The Morgan fingerprint density at radius 2 is 2.18 bits per heavy atom. The number of hydrogen-bond donors (Lipinski definition) is 1. The highest BCUT2D eigenvalue weighted by atomic mass is 35.5. The molecule has 1 saturated heterocycles. The highest BCUT2D eigenvalue weighted by molar-refractivity contribution is 6.42. The second-order valence-corrected chi connectivity index (χ2v) is 6.76. The van der Waals surface area contributed by atoms with Crippen LogP contribution in [0, 0.1) is 5.92 Å². The Morgan fingerprint density at radius 1 is 1.41 bits per heavy atom. The normalized spacial score (nSPS) is 26.7. The molecular weight excluding hydrogens is 343 g/mol. The Morgan fingerprint density at radius 3 is 2.91 bits per heavy atom. The number of likely N-dealkylation sites (tertiary alicyclic amines) is 1. The van der Waals surface area contributed by atoms with Crippen molar-refractivity contribution in [3.8, 4) is 0 Å². The number of nitrogens with one attached hydrogen (secondary N) is 1. The van der Waals surface area contributed by atoms with Gasteiger partial charge in [0.2, 0.25) is 5.91 Å². The van der Waals surface area contributed by atoms with Gasteiger partial charge in [-0.25, -0.2) is 0 Å². The minimum absolute atomic E-state index is 0. The molecule has 2 fully saturated rings. The van der Waals surface area contributed by atoms with Gasteiger partial charge in [0, 0.05) is 25.0 Å². The van der Waals surface area contributed by atoms with E-state index >= 15 is 0 Å². The number of likely N-dealkylation sites (N-methyl/N-ethyl adjacent to an activating group) is 1. The third-order valence-electron chi connectivity index (χ3n) is 4.59. The molecule has 122 valence electrons. The van der Waals surface area contributed by atoms with Crippen molar-refractivity contribution in [1.82, 2.24) is 10.2 Å². The molecule has 22 heavy (non-hydrogen) atoms. The lowest BCUT2D eigenvalue weighted by Gasteiger charge is -2.24. The van der Waals surface area contributed by atoms with Crippen LogP contribution in [0.2, 0.25) is 10.0 Å². The Kier molecular flexibility index (Phi) is 6.00. The SMILES string of the molecule is CNCC1CCCN1C(=O)C1CC1c1cccc(Cl)c1Cl.Cl. The van der Waals surface area contributed by atoms with Crippen LogP contribution >= 0.6 is 35.6 Å². The van der Waals surface area contributed by atoms with Gasteiger partial charge in [-0.3, -0.25) is 4.79 Å². The van der Waals surface area contributed by atoms with E-state index in [1.54, 1.807) is 6.07 Å². The molecule has 3 rings (SSSR count). The second-order valence-electron chi connectivity index (χ2n) is 5.98. The summed E-state index contributed by atoms with van der Waals surface area (Å²) in [5.41, 5.74) is 1.02. The van der Waals surface area contributed by atoms with Gasteiger partial charge in [0.1, 0.15) is 0 Å². The number of hydrogen-bond acceptors (Lipinski definition) is 2. The fourth-order valence-electron chi connectivity index (χ4n) is 3.41. The number of amides is 1. The van der Waals surface area contributed by atoms with Crippen LogP contribution in [0.5, 0.6) is 0 Å². The topological polar surface area (TPSA) is 32.3 Å². The molecule has 0 radical (unpaired) electrons. The number of nitrogens with zero attached hydrogens (tertiary/aromatic N) is 1. The minimum atomic E-state index is 0. The van der Waals surface area contributed by atoms with Gasteiger partial charge in [-0.15, -0.1) is 12.4 Å². The molecule has 3 nitrogen and oxygen atoms in total. The Hall–Kier alpha value is -0.480. The zero-order valence-electron chi connectivity index (χ0n) is 12.5. The van der Waals surface area contributed by atoms with E-state index in [0.717, 1.165) is 37.9 Å². The predicted octanol–water partition coefficient (Wildman–Crippen LogP) is 3.73. The van der Waals surface area contributed by atoms with Crippen molar-refractivity contribution < 1.29 is 4.79 Å². The maximum atomic E-state index is 12.7. The lowest BCUT2D eigenvalue weighted by Crippen LogP contribution is -2.41. The standard InChI is InChI=1S/C16H20Cl2N2O.ClH/c1-19-9-10-4-3-7-20(10)16(21)13-8-12(13)11-5-2-6-14(17)15(11)18;/h2,5-6,10,12-13,19H,3-4,7-9H2,1H3;1H. The molecule has 1 aromatic rings. The summed E-state index contributed by atoms with van der Waals surface area (Å²) in [6, 6.07) is 6.03. The van der Waals surface area contributed by atoms with Crippen LogP contribution < -0.4 is 5.32 Å². The van der Waals surface area contributed by atoms with Crippen LogP contribution in [-0.4, -0.2) is 37.0 Å². The molecule has 1 heterocycles. The van der Waals surface area contributed by atoms with Gasteiger partial charge in [0.25, 0.3) is 0 Å². The van der Waals surface area contributed by atoms with Crippen molar-refractivity contribution in [2.24, 2.45) is 5.92 Å².